The zero-order chi connectivity index (χ0) is 11.6. The smallest absolute Gasteiger partial charge is 0.275 e. The number of rotatable bonds is 2. The number of piperidine rings is 1. The van der Waals surface area contributed by atoms with E-state index in [0.717, 1.165) is 5.56 Å². The number of likely N-dealkylation sites (tertiary alicyclic amines) is 1. The van der Waals surface area contributed by atoms with Crippen molar-refractivity contribution < 1.29 is 8.78 Å². The minimum absolute atomic E-state index is 0. The Morgan fingerprint density at radius 2 is 1.83 bits per heavy atom. The second-order valence-corrected chi connectivity index (χ2v) is 4.35. The van der Waals surface area contributed by atoms with Crippen LogP contribution in [0.5, 0.6) is 0 Å². The maximum atomic E-state index is 13.4. The van der Waals surface area contributed by atoms with Gasteiger partial charge >= 0.3 is 0 Å². The average molecular weight is 299 g/mol. The maximum absolute atomic E-state index is 13.4. The minimum atomic E-state index is -2.76. The second kappa shape index (κ2) is 7.24. The molecule has 1 aliphatic heterocycles. The Morgan fingerprint density at radius 3 is 2.39 bits per heavy atom. The molecule has 0 spiro atoms. The number of hydrogen-bond donors (Lipinski definition) is 1. The third-order valence-electron chi connectivity index (χ3n) is 2.98. The van der Waals surface area contributed by atoms with Crippen molar-refractivity contribution >= 4 is 24.8 Å². The molecular formula is C12H18Cl2F2N2. The highest BCUT2D eigenvalue weighted by Gasteiger charge is 2.42. The fraction of sp³-hybridized carbons (Fsp3) is 0.500. The van der Waals surface area contributed by atoms with Crippen molar-refractivity contribution in [2.45, 2.75) is 24.9 Å². The summed E-state index contributed by atoms with van der Waals surface area (Å²) in [4.78, 5) is 1.76. The first-order chi connectivity index (χ1) is 7.58. The van der Waals surface area contributed by atoms with Crippen LogP contribution in [-0.4, -0.2) is 30.0 Å². The van der Waals surface area contributed by atoms with Crippen molar-refractivity contribution in [3.63, 3.8) is 0 Å². The molecule has 0 aliphatic carbocycles. The first kappa shape index (κ1) is 17.6. The van der Waals surface area contributed by atoms with Crippen LogP contribution >= 0.6 is 24.8 Å². The molecular weight excluding hydrogens is 281 g/mol. The lowest BCUT2D eigenvalue weighted by Gasteiger charge is -2.36. The zero-order valence-electron chi connectivity index (χ0n) is 9.89. The minimum Gasteiger partial charge on any atom is -0.323 e. The predicted octanol–water partition coefficient (Wildman–Crippen LogP) is 2.70. The van der Waals surface area contributed by atoms with Gasteiger partial charge in [-0.05, 0) is 12.0 Å². The average Bonchev–Trinajstić information content (AvgIpc) is 2.25. The van der Waals surface area contributed by atoms with E-state index >= 15 is 0 Å². The van der Waals surface area contributed by atoms with Crippen molar-refractivity contribution in [3.05, 3.63) is 35.9 Å². The Hall–Kier alpha value is -0.420. The normalized spacial score (nSPS) is 22.7. The number of alkyl halides is 2. The summed E-state index contributed by atoms with van der Waals surface area (Å²) in [6.45, 7) is 0.984. The molecule has 1 atom stereocenters. The van der Waals surface area contributed by atoms with Gasteiger partial charge in [-0.2, -0.15) is 0 Å². The topological polar surface area (TPSA) is 29.3 Å². The molecule has 1 heterocycles. The molecule has 2 rings (SSSR count). The van der Waals surface area contributed by atoms with Gasteiger partial charge in [-0.25, -0.2) is 8.78 Å². The lowest BCUT2D eigenvalue weighted by molar-refractivity contribution is -0.0817. The van der Waals surface area contributed by atoms with Gasteiger partial charge in [0.1, 0.15) is 0 Å². The molecule has 104 valence electrons. The summed E-state index contributed by atoms with van der Waals surface area (Å²) < 4.78 is 26.8. The van der Waals surface area contributed by atoms with E-state index in [1.54, 1.807) is 4.90 Å². The molecule has 6 heteroatoms. The molecule has 18 heavy (non-hydrogen) atoms. The third kappa shape index (κ3) is 4.35. The van der Waals surface area contributed by atoms with Crippen molar-refractivity contribution in [2.75, 3.05) is 13.1 Å². The quantitative estimate of drug-likeness (QED) is 0.910. The molecule has 0 radical (unpaired) electrons. The summed E-state index contributed by atoms with van der Waals surface area (Å²) in [5, 5.41) is 0. The second-order valence-electron chi connectivity index (χ2n) is 4.35. The van der Waals surface area contributed by atoms with E-state index in [-0.39, 0.29) is 31.4 Å². The van der Waals surface area contributed by atoms with Crippen LogP contribution in [0.2, 0.25) is 0 Å². The standard InChI is InChI=1S/C12H16F2N2.2ClH/c13-12(14)9-16(7-6-11(12)15)8-10-4-2-1-3-5-10;;/h1-5,11H,6-9,15H2;2*1H/t11-;;/m1../s1. The highest BCUT2D eigenvalue weighted by Crippen LogP contribution is 2.26. The molecule has 1 aromatic carbocycles. The SMILES string of the molecule is Cl.Cl.N[C@@H]1CCN(Cc2ccccc2)CC1(F)F. The Morgan fingerprint density at radius 1 is 1.22 bits per heavy atom. The monoisotopic (exact) mass is 298 g/mol. The van der Waals surface area contributed by atoms with Crippen LogP contribution in [0.25, 0.3) is 0 Å². The van der Waals surface area contributed by atoms with Crippen LogP contribution in [0, 0.1) is 0 Å². The molecule has 1 saturated heterocycles. The van der Waals surface area contributed by atoms with Gasteiger partial charge in [-0.15, -0.1) is 24.8 Å². The molecule has 0 unspecified atom stereocenters. The molecule has 1 aliphatic rings. The summed E-state index contributed by atoms with van der Waals surface area (Å²) in [5.41, 5.74) is 6.46. The van der Waals surface area contributed by atoms with Crippen molar-refractivity contribution in [1.29, 1.82) is 0 Å². The fourth-order valence-corrected chi connectivity index (χ4v) is 2.00. The number of nitrogens with two attached hydrogens (primary N) is 1. The van der Waals surface area contributed by atoms with E-state index < -0.39 is 12.0 Å². The van der Waals surface area contributed by atoms with Crippen LogP contribution in [-0.2, 0) is 6.54 Å². The van der Waals surface area contributed by atoms with Gasteiger partial charge in [0.25, 0.3) is 5.92 Å². The van der Waals surface area contributed by atoms with Gasteiger partial charge in [-0.3, -0.25) is 4.90 Å². The van der Waals surface area contributed by atoms with Crippen LogP contribution in [0.3, 0.4) is 0 Å². The first-order valence-corrected chi connectivity index (χ1v) is 5.47. The number of hydrogen-bond acceptors (Lipinski definition) is 2. The largest absolute Gasteiger partial charge is 0.323 e. The number of halogens is 4. The van der Waals surface area contributed by atoms with Gasteiger partial charge in [0.05, 0.1) is 12.6 Å². The maximum Gasteiger partial charge on any atom is 0.275 e. The predicted molar refractivity (Wildman–Crippen MR) is 73.8 cm³/mol. The molecule has 2 nitrogen and oxygen atoms in total. The Balaban J connectivity index is 0.00000144. The number of benzene rings is 1. The lowest BCUT2D eigenvalue weighted by atomic mass is 10.0. The van der Waals surface area contributed by atoms with E-state index in [1.165, 1.54) is 0 Å². The fourth-order valence-electron chi connectivity index (χ4n) is 2.00. The Bertz CT molecular complexity index is 349. The molecule has 1 aromatic rings. The molecule has 0 aromatic heterocycles. The van der Waals surface area contributed by atoms with E-state index in [1.807, 2.05) is 30.3 Å². The Labute approximate surface area is 118 Å². The van der Waals surface area contributed by atoms with Crippen LogP contribution < -0.4 is 5.73 Å². The van der Waals surface area contributed by atoms with E-state index in [4.69, 9.17) is 5.73 Å². The van der Waals surface area contributed by atoms with Crippen LogP contribution in [0.15, 0.2) is 30.3 Å². The summed E-state index contributed by atoms with van der Waals surface area (Å²) >= 11 is 0. The summed E-state index contributed by atoms with van der Waals surface area (Å²) in [6, 6.07) is 8.68. The lowest BCUT2D eigenvalue weighted by Crippen LogP contribution is -2.54. The van der Waals surface area contributed by atoms with Gasteiger partial charge < -0.3 is 5.73 Å². The summed E-state index contributed by atoms with van der Waals surface area (Å²) in [6.07, 6.45) is 0.361. The molecule has 0 saturated carbocycles. The van der Waals surface area contributed by atoms with Gasteiger partial charge in [0.2, 0.25) is 0 Å². The van der Waals surface area contributed by atoms with E-state index in [0.29, 0.717) is 19.5 Å². The molecule has 2 N–H and O–H groups in total. The van der Waals surface area contributed by atoms with Crippen molar-refractivity contribution in [3.8, 4) is 0 Å². The van der Waals surface area contributed by atoms with Gasteiger partial charge in [0, 0.05) is 13.1 Å². The first-order valence-electron chi connectivity index (χ1n) is 5.47. The van der Waals surface area contributed by atoms with Crippen LogP contribution in [0.4, 0.5) is 8.78 Å². The van der Waals surface area contributed by atoms with Crippen LogP contribution in [0.1, 0.15) is 12.0 Å². The van der Waals surface area contributed by atoms with Gasteiger partial charge in [-0.1, -0.05) is 30.3 Å². The summed E-state index contributed by atoms with van der Waals surface area (Å²) in [5.74, 6) is -2.76. The van der Waals surface area contributed by atoms with Crippen molar-refractivity contribution in [1.82, 2.24) is 4.90 Å². The Kier molecular flexibility index (Phi) is 7.07. The molecule has 1 fully saturated rings. The number of nitrogens with zero attached hydrogens (tertiary/aromatic N) is 1. The molecule has 0 amide bonds. The van der Waals surface area contributed by atoms with Gasteiger partial charge in [0.15, 0.2) is 0 Å². The highest BCUT2D eigenvalue weighted by molar-refractivity contribution is 5.85. The molecule has 0 bridgehead atoms. The third-order valence-corrected chi connectivity index (χ3v) is 2.98. The van der Waals surface area contributed by atoms with E-state index in [9.17, 15) is 8.78 Å². The highest BCUT2D eigenvalue weighted by atomic mass is 35.5. The summed E-state index contributed by atoms with van der Waals surface area (Å²) in [7, 11) is 0. The zero-order valence-corrected chi connectivity index (χ0v) is 11.5. The van der Waals surface area contributed by atoms with Crippen molar-refractivity contribution in [2.24, 2.45) is 5.73 Å². The van der Waals surface area contributed by atoms with E-state index in [2.05, 4.69) is 0 Å².